The summed E-state index contributed by atoms with van der Waals surface area (Å²) < 4.78 is 0. The van der Waals surface area contributed by atoms with Crippen LogP contribution in [0.1, 0.15) is 34.5 Å². The summed E-state index contributed by atoms with van der Waals surface area (Å²) >= 11 is 0. The molecular formula is C12H13NO3. The van der Waals surface area contributed by atoms with Gasteiger partial charge in [0.25, 0.3) is 0 Å². The van der Waals surface area contributed by atoms with Crippen molar-refractivity contribution in [3.05, 3.63) is 29.1 Å². The van der Waals surface area contributed by atoms with Crippen molar-refractivity contribution in [2.24, 2.45) is 5.92 Å². The summed E-state index contributed by atoms with van der Waals surface area (Å²) in [5.74, 6) is -1.33. The Morgan fingerprint density at radius 3 is 3.06 bits per heavy atom. The van der Waals surface area contributed by atoms with E-state index in [1.165, 1.54) is 0 Å². The molecule has 2 rings (SSSR count). The van der Waals surface area contributed by atoms with Crippen molar-refractivity contribution in [2.75, 3.05) is 0 Å². The van der Waals surface area contributed by atoms with Gasteiger partial charge in [0.2, 0.25) is 0 Å². The highest BCUT2D eigenvalue weighted by Crippen LogP contribution is 2.28. The van der Waals surface area contributed by atoms with Crippen LogP contribution in [0.25, 0.3) is 0 Å². The first-order valence-electron chi connectivity index (χ1n) is 5.30. The first-order chi connectivity index (χ1) is 7.59. The number of aliphatic carboxylic acids is 1. The highest BCUT2D eigenvalue weighted by Gasteiger charge is 2.29. The van der Waals surface area contributed by atoms with Crippen molar-refractivity contribution in [3.63, 3.8) is 0 Å². The number of hydrogen-bond donors (Lipinski definition) is 1. The number of aryl methyl sites for hydroxylation is 1. The third-order valence-electron chi connectivity index (χ3n) is 3.07. The molecule has 0 saturated heterocycles. The lowest BCUT2D eigenvalue weighted by atomic mass is 9.81. The van der Waals surface area contributed by atoms with E-state index in [0.717, 1.165) is 17.7 Å². The third kappa shape index (κ3) is 1.83. The molecule has 0 aromatic carbocycles. The number of aromatic nitrogens is 1. The molecule has 1 aliphatic rings. The Balaban J connectivity index is 2.32. The van der Waals surface area contributed by atoms with Crippen LogP contribution in [0.4, 0.5) is 0 Å². The van der Waals surface area contributed by atoms with Gasteiger partial charge in [-0.3, -0.25) is 14.6 Å². The van der Waals surface area contributed by atoms with E-state index in [9.17, 15) is 9.59 Å². The van der Waals surface area contributed by atoms with Gasteiger partial charge in [0.05, 0.1) is 6.42 Å². The van der Waals surface area contributed by atoms with Crippen LogP contribution >= 0.6 is 0 Å². The summed E-state index contributed by atoms with van der Waals surface area (Å²) in [4.78, 5) is 26.8. The van der Waals surface area contributed by atoms with Crippen molar-refractivity contribution in [2.45, 2.75) is 26.2 Å². The molecule has 1 aromatic rings. The Labute approximate surface area is 93.3 Å². The number of carbonyl (C=O) groups is 2. The largest absolute Gasteiger partial charge is 0.481 e. The summed E-state index contributed by atoms with van der Waals surface area (Å²) in [5.41, 5.74) is 2.51. The summed E-state index contributed by atoms with van der Waals surface area (Å²) in [6.45, 7) is 1.88. The van der Waals surface area contributed by atoms with E-state index in [0.29, 0.717) is 12.0 Å². The fourth-order valence-electron chi connectivity index (χ4n) is 2.22. The zero-order chi connectivity index (χ0) is 11.7. The molecule has 84 valence electrons. The number of rotatable bonds is 2. The molecule has 4 nitrogen and oxygen atoms in total. The lowest BCUT2D eigenvalue weighted by Crippen LogP contribution is -2.25. The number of carbonyl (C=O) groups excluding carboxylic acids is 1. The van der Waals surface area contributed by atoms with Crippen LogP contribution in [-0.2, 0) is 11.2 Å². The quantitative estimate of drug-likeness (QED) is 0.820. The molecule has 0 aliphatic heterocycles. The maximum absolute atomic E-state index is 12.0. The lowest BCUT2D eigenvalue weighted by molar-refractivity contribution is -0.137. The van der Waals surface area contributed by atoms with E-state index in [4.69, 9.17) is 5.11 Å². The second-order valence-corrected chi connectivity index (χ2v) is 4.12. The molecule has 16 heavy (non-hydrogen) atoms. The molecule has 1 atom stereocenters. The Morgan fingerprint density at radius 2 is 2.38 bits per heavy atom. The highest BCUT2D eigenvalue weighted by atomic mass is 16.4. The molecule has 1 aromatic heterocycles. The van der Waals surface area contributed by atoms with Gasteiger partial charge in [0, 0.05) is 23.4 Å². The molecule has 1 N–H and O–H groups in total. The molecule has 0 radical (unpaired) electrons. The molecule has 0 bridgehead atoms. The van der Waals surface area contributed by atoms with Crippen molar-refractivity contribution in [1.29, 1.82) is 0 Å². The average molecular weight is 219 g/mol. The molecule has 0 saturated carbocycles. The molecular weight excluding hydrogens is 206 g/mol. The normalized spacial score (nSPS) is 19.3. The van der Waals surface area contributed by atoms with Crippen molar-refractivity contribution in [3.8, 4) is 0 Å². The second-order valence-electron chi connectivity index (χ2n) is 4.12. The molecule has 0 fully saturated rings. The number of pyridine rings is 1. The molecule has 4 heteroatoms. The van der Waals surface area contributed by atoms with Gasteiger partial charge in [-0.1, -0.05) is 0 Å². The minimum Gasteiger partial charge on any atom is -0.481 e. The summed E-state index contributed by atoms with van der Waals surface area (Å²) in [7, 11) is 0. The standard InChI is InChI=1S/C12H13NO3/c1-7-9-3-2-8(6-11(14)15)12(16)10(9)4-5-13-7/h4-5,8H,2-3,6H2,1H3,(H,14,15). The number of carboxylic acids is 1. The van der Waals surface area contributed by atoms with E-state index in [2.05, 4.69) is 4.98 Å². The Hall–Kier alpha value is -1.71. The van der Waals surface area contributed by atoms with Crippen molar-refractivity contribution in [1.82, 2.24) is 4.98 Å². The Morgan fingerprint density at radius 1 is 1.62 bits per heavy atom. The monoisotopic (exact) mass is 219 g/mol. The van der Waals surface area contributed by atoms with E-state index in [1.807, 2.05) is 6.92 Å². The number of ketones is 1. The fourth-order valence-corrected chi connectivity index (χ4v) is 2.22. The zero-order valence-electron chi connectivity index (χ0n) is 9.06. The summed E-state index contributed by atoms with van der Waals surface area (Å²) in [5, 5.41) is 8.72. The van der Waals surface area contributed by atoms with E-state index in [1.54, 1.807) is 12.3 Å². The SMILES string of the molecule is Cc1nccc2c1CCC(CC(=O)O)C2=O. The lowest BCUT2D eigenvalue weighted by Gasteiger charge is -2.22. The number of Topliss-reactive ketones (excluding diaryl/α,β-unsaturated/α-hetero) is 1. The molecule has 1 aliphatic carbocycles. The van der Waals surface area contributed by atoms with Crippen LogP contribution in [0.3, 0.4) is 0 Å². The fraction of sp³-hybridized carbons (Fsp3) is 0.417. The van der Waals surface area contributed by atoms with Crippen LogP contribution in [0, 0.1) is 12.8 Å². The van der Waals surface area contributed by atoms with Crippen LogP contribution in [-0.4, -0.2) is 21.8 Å². The summed E-state index contributed by atoms with van der Waals surface area (Å²) in [6.07, 6.45) is 2.90. The number of carboxylic acid groups (broad SMARTS) is 1. The smallest absolute Gasteiger partial charge is 0.304 e. The van der Waals surface area contributed by atoms with E-state index in [-0.39, 0.29) is 18.1 Å². The number of nitrogens with zero attached hydrogens (tertiary/aromatic N) is 1. The van der Waals surface area contributed by atoms with Crippen LogP contribution in [0.5, 0.6) is 0 Å². The van der Waals surface area contributed by atoms with Crippen LogP contribution in [0.2, 0.25) is 0 Å². The Bertz CT molecular complexity index is 454. The zero-order valence-corrected chi connectivity index (χ0v) is 9.06. The number of hydrogen-bond acceptors (Lipinski definition) is 3. The maximum atomic E-state index is 12.0. The molecule has 1 heterocycles. The van der Waals surface area contributed by atoms with Gasteiger partial charge < -0.3 is 5.11 Å². The predicted octanol–water partition coefficient (Wildman–Crippen LogP) is 1.61. The maximum Gasteiger partial charge on any atom is 0.304 e. The van der Waals surface area contributed by atoms with E-state index < -0.39 is 5.97 Å². The predicted molar refractivity (Wildman–Crippen MR) is 57.4 cm³/mol. The first kappa shape index (κ1) is 10.8. The third-order valence-corrected chi connectivity index (χ3v) is 3.07. The van der Waals surface area contributed by atoms with E-state index >= 15 is 0 Å². The Kier molecular flexibility index (Phi) is 2.73. The van der Waals surface area contributed by atoms with Gasteiger partial charge in [-0.2, -0.15) is 0 Å². The van der Waals surface area contributed by atoms with Crippen molar-refractivity contribution >= 4 is 11.8 Å². The summed E-state index contributed by atoms with van der Waals surface area (Å²) in [6, 6.07) is 1.69. The van der Waals surface area contributed by atoms with Crippen molar-refractivity contribution < 1.29 is 14.7 Å². The van der Waals surface area contributed by atoms with Gasteiger partial charge >= 0.3 is 5.97 Å². The first-order valence-corrected chi connectivity index (χ1v) is 5.30. The van der Waals surface area contributed by atoms with Gasteiger partial charge in [-0.25, -0.2) is 0 Å². The minimum atomic E-state index is -0.910. The minimum absolute atomic E-state index is 0.0471. The van der Waals surface area contributed by atoms with Gasteiger partial charge in [0.1, 0.15) is 0 Å². The molecule has 1 unspecified atom stereocenters. The van der Waals surface area contributed by atoms with Crippen LogP contribution < -0.4 is 0 Å². The molecule has 0 spiro atoms. The van der Waals surface area contributed by atoms with Crippen LogP contribution in [0.15, 0.2) is 12.3 Å². The van der Waals surface area contributed by atoms with Gasteiger partial charge in [-0.05, 0) is 31.4 Å². The number of fused-ring (bicyclic) bond motifs is 1. The average Bonchev–Trinajstić information content (AvgIpc) is 2.23. The van der Waals surface area contributed by atoms with Gasteiger partial charge in [0.15, 0.2) is 5.78 Å². The van der Waals surface area contributed by atoms with Gasteiger partial charge in [-0.15, -0.1) is 0 Å². The second kappa shape index (κ2) is 4.04. The highest BCUT2D eigenvalue weighted by molar-refractivity contribution is 6.01. The topological polar surface area (TPSA) is 67.3 Å². The molecule has 0 amide bonds.